The first-order valence-corrected chi connectivity index (χ1v) is 14.2. The van der Waals surface area contributed by atoms with E-state index < -0.39 is 6.09 Å². The van der Waals surface area contributed by atoms with Gasteiger partial charge >= 0.3 is 12.1 Å². The number of primary amides is 1. The largest absolute Gasteiger partial charge is 0.458 e. The fraction of sp³-hybridized carbons (Fsp3) is 0.485. The van der Waals surface area contributed by atoms with Crippen LogP contribution in [0.1, 0.15) is 86.0 Å². The van der Waals surface area contributed by atoms with E-state index >= 15 is 0 Å². The minimum Gasteiger partial charge on any atom is -0.458 e. The molecule has 0 fully saturated rings. The summed E-state index contributed by atoms with van der Waals surface area (Å²) >= 11 is 0. The van der Waals surface area contributed by atoms with Crippen LogP contribution >= 0.6 is 0 Å². The number of allylic oxidation sites excluding steroid dienone is 8. The molecular formula is C33H48N2O5. The van der Waals surface area contributed by atoms with Crippen LogP contribution < -0.4 is 11.1 Å². The quantitative estimate of drug-likeness (QED) is 0.156. The van der Waals surface area contributed by atoms with Crippen molar-refractivity contribution in [2.45, 2.75) is 98.2 Å². The SMILES string of the molecule is CC(C)=CC(=O)N/C=C/C(C)=C/[C@@H](C)[C@H]1C/C(C)=C/C=C/CC[C@H](OC(N)=O)C/C=C/CCCC/C=C/C(=O)O1. The average Bonchev–Trinajstić information content (AvgIpc) is 2.85. The Balaban J connectivity index is 3.00. The van der Waals surface area contributed by atoms with Gasteiger partial charge in [-0.05, 0) is 72.3 Å². The van der Waals surface area contributed by atoms with Gasteiger partial charge in [-0.25, -0.2) is 9.59 Å². The van der Waals surface area contributed by atoms with E-state index in [1.807, 2.05) is 77.2 Å². The van der Waals surface area contributed by atoms with E-state index in [0.29, 0.717) is 19.3 Å². The molecule has 0 saturated heterocycles. The normalized spacial score (nSPS) is 24.9. The number of nitrogens with one attached hydrogen (secondary N) is 1. The second kappa shape index (κ2) is 20.3. The van der Waals surface area contributed by atoms with Gasteiger partial charge in [-0.15, -0.1) is 0 Å². The van der Waals surface area contributed by atoms with Crippen molar-refractivity contribution >= 4 is 18.0 Å². The molecule has 0 aromatic rings. The highest BCUT2D eigenvalue weighted by Gasteiger charge is 2.20. The monoisotopic (exact) mass is 552 g/mol. The molecule has 0 saturated carbocycles. The molecule has 3 atom stereocenters. The first-order valence-electron chi connectivity index (χ1n) is 14.2. The summed E-state index contributed by atoms with van der Waals surface area (Å²) in [6.07, 6.45) is 25.6. The molecule has 7 heteroatoms. The molecule has 0 aromatic heterocycles. The van der Waals surface area contributed by atoms with Gasteiger partial charge in [0.2, 0.25) is 5.91 Å². The Labute approximate surface area is 240 Å². The molecule has 1 aliphatic rings. The maximum absolute atomic E-state index is 12.6. The lowest BCUT2D eigenvalue weighted by Gasteiger charge is -2.22. The second-order valence-electron chi connectivity index (χ2n) is 10.5. The highest BCUT2D eigenvalue weighted by Crippen LogP contribution is 2.21. The van der Waals surface area contributed by atoms with Gasteiger partial charge in [0.25, 0.3) is 0 Å². The lowest BCUT2D eigenvalue weighted by Crippen LogP contribution is -2.24. The molecule has 0 bridgehead atoms. The molecule has 3 N–H and O–H groups in total. The van der Waals surface area contributed by atoms with E-state index in [-0.39, 0.29) is 30.0 Å². The van der Waals surface area contributed by atoms with Gasteiger partial charge in [0.15, 0.2) is 0 Å². The average molecular weight is 553 g/mol. The van der Waals surface area contributed by atoms with Gasteiger partial charge in [0.05, 0.1) is 0 Å². The molecule has 1 aliphatic heterocycles. The van der Waals surface area contributed by atoms with Gasteiger partial charge < -0.3 is 20.5 Å². The van der Waals surface area contributed by atoms with Crippen LogP contribution in [0.2, 0.25) is 0 Å². The van der Waals surface area contributed by atoms with E-state index in [9.17, 15) is 14.4 Å². The van der Waals surface area contributed by atoms with Crippen molar-refractivity contribution < 1.29 is 23.9 Å². The maximum atomic E-state index is 12.6. The number of carbonyl (C=O) groups excluding carboxylic acids is 3. The van der Waals surface area contributed by atoms with E-state index in [4.69, 9.17) is 15.2 Å². The number of carbonyl (C=O) groups is 3. The first kappa shape index (κ1) is 34.4. The molecule has 220 valence electrons. The topological polar surface area (TPSA) is 108 Å². The molecule has 1 heterocycles. The van der Waals surface area contributed by atoms with Crippen LogP contribution in [0.3, 0.4) is 0 Å². The third kappa shape index (κ3) is 17.8. The zero-order valence-electron chi connectivity index (χ0n) is 24.9. The summed E-state index contributed by atoms with van der Waals surface area (Å²) < 4.78 is 11.2. The van der Waals surface area contributed by atoms with Gasteiger partial charge in [-0.1, -0.05) is 66.2 Å². The Morgan fingerprint density at radius 3 is 2.52 bits per heavy atom. The van der Waals surface area contributed by atoms with Gasteiger partial charge in [-0.2, -0.15) is 0 Å². The van der Waals surface area contributed by atoms with Crippen LogP contribution in [0.5, 0.6) is 0 Å². The lowest BCUT2D eigenvalue weighted by molar-refractivity contribution is -0.144. The highest BCUT2D eigenvalue weighted by molar-refractivity contribution is 5.88. The summed E-state index contributed by atoms with van der Waals surface area (Å²) in [4.78, 5) is 35.7. The fourth-order valence-electron chi connectivity index (χ4n) is 4.11. The first-order chi connectivity index (χ1) is 19.1. The fourth-order valence-corrected chi connectivity index (χ4v) is 4.11. The summed E-state index contributed by atoms with van der Waals surface area (Å²) in [5, 5.41) is 2.72. The van der Waals surface area contributed by atoms with E-state index in [1.54, 1.807) is 6.20 Å². The second-order valence-corrected chi connectivity index (χ2v) is 10.5. The summed E-state index contributed by atoms with van der Waals surface area (Å²) in [6.45, 7) is 9.72. The number of hydrogen-bond donors (Lipinski definition) is 2. The van der Waals surface area contributed by atoms with Crippen molar-refractivity contribution in [1.82, 2.24) is 5.32 Å². The lowest BCUT2D eigenvalue weighted by atomic mass is 9.95. The molecular weight excluding hydrogens is 504 g/mol. The molecule has 0 radical (unpaired) electrons. The van der Waals surface area contributed by atoms with Crippen LogP contribution in [0.25, 0.3) is 0 Å². The summed E-state index contributed by atoms with van der Waals surface area (Å²) in [7, 11) is 0. The van der Waals surface area contributed by atoms with Gasteiger partial charge in [-0.3, -0.25) is 4.79 Å². The molecule has 0 aromatic carbocycles. The molecule has 40 heavy (non-hydrogen) atoms. The van der Waals surface area contributed by atoms with Crippen molar-refractivity contribution in [3.63, 3.8) is 0 Å². The zero-order valence-corrected chi connectivity index (χ0v) is 24.9. The number of rotatable bonds is 6. The van der Waals surface area contributed by atoms with Crippen molar-refractivity contribution in [1.29, 1.82) is 0 Å². The summed E-state index contributed by atoms with van der Waals surface area (Å²) in [5.74, 6) is -0.571. The van der Waals surface area contributed by atoms with Crippen molar-refractivity contribution in [3.05, 3.63) is 83.7 Å². The number of amides is 2. The molecule has 1 rings (SSSR count). The number of hydrogen-bond acceptors (Lipinski definition) is 5. The molecule has 0 spiro atoms. The van der Waals surface area contributed by atoms with Crippen LogP contribution in [0.4, 0.5) is 4.79 Å². The minimum absolute atomic E-state index is 0.0563. The standard InChI is InChI=1S/C33H48N2O5/c1-25(2)22-31(36)35-21-20-27(4)23-28(5)30-24-26(3)16-12-11-14-18-29(39-33(34)38)17-13-9-7-6-8-10-15-19-32(37)40-30/h9,11-13,15-16,19-23,28-30H,6-8,10,14,17-18,24H2,1-5H3,(H2,34,38)(H,35,36)/b12-11+,13-9+,19-15+,21-20+,26-16+,27-23+/t28-,29-,30-/m1/s1. The van der Waals surface area contributed by atoms with E-state index in [0.717, 1.165) is 48.8 Å². The number of esters is 1. The van der Waals surface area contributed by atoms with Crippen molar-refractivity contribution in [3.8, 4) is 0 Å². The van der Waals surface area contributed by atoms with Gasteiger partial charge in [0, 0.05) is 37.1 Å². The Morgan fingerprint density at radius 2 is 1.82 bits per heavy atom. The zero-order chi connectivity index (χ0) is 29.8. The Hall–Kier alpha value is -3.61. The van der Waals surface area contributed by atoms with Crippen LogP contribution in [-0.4, -0.2) is 30.2 Å². The van der Waals surface area contributed by atoms with Crippen LogP contribution in [0, 0.1) is 5.92 Å². The smallest absolute Gasteiger partial charge is 0.404 e. The Morgan fingerprint density at radius 1 is 1.10 bits per heavy atom. The third-order valence-corrected chi connectivity index (χ3v) is 6.16. The third-order valence-electron chi connectivity index (χ3n) is 6.16. The molecule has 7 nitrogen and oxygen atoms in total. The Kier molecular flexibility index (Phi) is 17.5. The summed E-state index contributed by atoms with van der Waals surface area (Å²) in [5.41, 5.74) is 8.20. The van der Waals surface area contributed by atoms with Crippen molar-refractivity contribution in [2.75, 3.05) is 0 Å². The Bertz CT molecular complexity index is 1030. The highest BCUT2D eigenvalue weighted by atomic mass is 16.6. The number of ether oxygens (including phenoxy) is 2. The van der Waals surface area contributed by atoms with Crippen LogP contribution in [-0.2, 0) is 19.1 Å². The molecule has 2 amide bonds. The van der Waals surface area contributed by atoms with Gasteiger partial charge in [0.1, 0.15) is 12.2 Å². The minimum atomic E-state index is -0.748. The van der Waals surface area contributed by atoms with E-state index in [2.05, 4.69) is 11.4 Å². The molecule has 0 aliphatic carbocycles. The van der Waals surface area contributed by atoms with E-state index in [1.165, 1.54) is 12.2 Å². The van der Waals surface area contributed by atoms with Crippen molar-refractivity contribution in [2.24, 2.45) is 11.7 Å². The molecule has 0 unspecified atom stereocenters. The number of cyclic esters (lactones) is 1. The predicted octanol–water partition coefficient (Wildman–Crippen LogP) is 7.29. The number of nitrogens with two attached hydrogens (primary N) is 1. The predicted molar refractivity (Wildman–Crippen MR) is 162 cm³/mol. The maximum Gasteiger partial charge on any atom is 0.404 e. The van der Waals surface area contributed by atoms with Crippen LogP contribution in [0.15, 0.2) is 83.7 Å². The summed E-state index contributed by atoms with van der Waals surface area (Å²) in [6, 6.07) is 0.